The predicted octanol–water partition coefficient (Wildman–Crippen LogP) is 2.24. The van der Waals surface area contributed by atoms with Gasteiger partial charge >= 0.3 is 0 Å². The summed E-state index contributed by atoms with van der Waals surface area (Å²) >= 11 is 0. The zero-order valence-electron chi connectivity index (χ0n) is 12.6. The Morgan fingerprint density at radius 2 is 1.45 bits per heavy atom. The van der Waals surface area contributed by atoms with E-state index < -0.39 is 5.60 Å². The fraction of sp³-hybridized carbons (Fsp3) is 0.938. The lowest BCUT2D eigenvalue weighted by molar-refractivity contribution is -0.124. The first kappa shape index (κ1) is 15.8. The summed E-state index contributed by atoms with van der Waals surface area (Å²) in [5.74, 6) is 0.00655. The molecule has 0 aromatic rings. The molecule has 2 aliphatic rings. The van der Waals surface area contributed by atoms with Crippen LogP contribution < -0.4 is 11.1 Å². The van der Waals surface area contributed by atoms with Gasteiger partial charge in [-0.05, 0) is 25.7 Å². The molecule has 20 heavy (non-hydrogen) atoms. The number of nitrogens with one attached hydrogen (secondary N) is 1. The fourth-order valence-electron chi connectivity index (χ4n) is 3.64. The molecule has 0 heterocycles. The molecule has 0 atom stereocenters. The van der Waals surface area contributed by atoms with Crippen LogP contribution in [-0.4, -0.2) is 28.7 Å². The van der Waals surface area contributed by atoms with E-state index in [0.717, 1.165) is 51.4 Å². The Bertz CT molecular complexity index is 316. The van der Waals surface area contributed by atoms with Gasteiger partial charge in [0.2, 0.25) is 5.91 Å². The maximum Gasteiger partial charge on any atom is 0.221 e. The van der Waals surface area contributed by atoms with Gasteiger partial charge in [0, 0.05) is 18.5 Å². The summed E-state index contributed by atoms with van der Waals surface area (Å²) in [7, 11) is 0. The third kappa shape index (κ3) is 4.74. The SMILES string of the molecule is NC1(CC(=O)NCC2(O)CCCCCC2)CCCCC1. The van der Waals surface area contributed by atoms with Crippen molar-refractivity contribution in [3.8, 4) is 0 Å². The van der Waals surface area contributed by atoms with Crippen LogP contribution in [-0.2, 0) is 4.79 Å². The second-order valence-electron chi connectivity index (χ2n) is 7.02. The van der Waals surface area contributed by atoms with Gasteiger partial charge in [0.1, 0.15) is 0 Å². The second kappa shape index (κ2) is 6.90. The van der Waals surface area contributed by atoms with Crippen LogP contribution in [0.15, 0.2) is 0 Å². The highest BCUT2D eigenvalue weighted by Crippen LogP contribution is 2.29. The van der Waals surface area contributed by atoms with Crippen molar-refractivity contribution in [2.45, 2.75) is 88.2 Å². The molecule has 0 bridgehead atoms. The predicted molar refractivity (Wildman–Crippen MR) is 80.3 cm³/mol. The summed E-state index contributed by atoms with van der Waals surface area (Å²) in [6.45, 7) is 0.391. The third-order valence-corrected chi connectivity index (χ3v) is 5.01. The van der Waals surface area contributed by atoms with E-state index in [0.29, 0.717) is 13.0 Å². The van der Waals surface area contributed by atoms with Crippen LogP contribution in [0, 0.1) is 0 Å². The molecule has 2 fully saturated rings. The lowest BCUT2D eigenvalue weighted by atomic mass is 9.80. The van der Waals surface area contributed by atoms with E-state index in [1.807, 2.05) is 0 Å². The first-order valence-corrected chi connectivity index (χ1v) is 8.29. The molecule has 116 valence electrons. The topological polar surface area (TPSA) is 75.4 Å². The van der Waals surface area contributed by atoms with Crippen molar-refractivity contribution in [2.24, 2.45) is 5.73 Å². The van der Waals surface area contributed by atoms with E-state index in [1.54, 1.807) is 0 Å². The zero-order chi connectivity index (χ0) is 14.5. The lowest BCUT2D eigenvalue weighted by Crippen LogP contribution is -2.48. The molecule has 2 aliphatic carbocycles. The molecule has 4 heteroatoms. The van der Waals surface area contributed by atoms with Crippen molar-refractivity contribution in [1.29, 1.82) is 0 Å². The molecule has 0 aromatic heterocycles. The molecule has 0 radical (unpaired) electrons. The molecule has 1 amide bonds. The van der Waals surface area contributed by atoms with E-state index in [2.05, 4.69) is 5.32 Å². The summed E-state index contributed by atoms with van der Waals surface area (Å²) in [6.07, 6.45) is 11.9. The summed E-state index contributed by atoms with van der Waals surface area (Å²) < 4.78 is 0. The molecule has 0 aliphatic heterocycles. The Morgan fingerprint density at radius 1 is 0.950 bits per heavy atom. The number of carbonyl (C=O) groups is 1. The maximum atomic E-state index is 12.1. The molecule has 0 spiro atoms. The number of nitrogens with two attached hydrogens (primary N) is 1. The molecule has 4 nitrogen and oxygen atoms in total. The Hall–Kier alpha value is -0.610. The number of aliphatic hydroxyl groups is 1. The average Bonchev–Trinajstić information content (AvgIpc) is 2.62. The highest BCUT2D eigenvalue weighted by molar-refractivity contribution is 5.77. The molecule has 2 rings (SSSR count). The number of hydrogen-bond acceptors (Lipinski definition) is 3. The van der Waals surface area contributed by atoms with Crippen molar-refractivity contribution in [3.63, 3.8) is 0 Å². The summed E-state index contributed by atoms with van der Waals surface area (Å²) in [5.41, 5.74) is 5.30. The normalized spacial score (nSPS) is 25.7. The van der Waals surface area contributed by atoms with E-state index in [1.165, 1.54) is 19.3 Å². The van der Waals surface area contributed by atoms with Gasteiger partial charge in [-0.25, -0.2) is 0 Å². The van der Waals surface area contributed by atoms with E-state index >= 15 is 0 Å². The van der Waals surface area contributed by atoms with Crippen LogP contribution in [0.25, 0.3) is 0 Å². The summed E-state index contributed by atoms with van der Waals surface area (Å²) in [6, 6.07) is 0. The Labute approximate surface area is 122 Å². The van der Waals surface area contributed by atoms with Crippen LogP contribution in [0.2, 0.25) is 0 Å². The Balaban J connectivity index is 1.76. The number of rotatable bonds is 4. The monoisotopic (exact) mass is 282 g/mol. The first-order chi connectivity index (χ1) is 9.52. The average molecular weight is 282 g/mol. The molecule has 0 unspecified atom stereocenters. The fourth-order valence-corrected chi connectivity index (χ4v) is 3.64. The van der Waals surface area contributed by atoms with Gasteiger partial charge in [-0.3, -0.25) is 4.79 Å². The van der Waals surface area contributed by atoms with E-state index in [-0.39, 0.29) is 11.4 Å². The van der Waals surface area contributed by atoms with Gasteiger partial charge in [0.25, 0.3) is 0 Å². The smallest absolute Gasteiger partial charge is 0.221 e. The van der Waals surface area contributed by atoms with Crippen molar-refractivity contribution >= 4 is 5.91 Å². The van der Waals surface area contributed by atoms with Gasteiger partial charge in [0.15, 0.2) is 0 Å². The molecule has 0 saturated heterocycles. The molecular formula is C16H30N2O2. The van der Waals surface area contributed by atoms with Gasteiger partial charge in [0.05, 0.1) is 5.60 Å². The van der Waals surface area contributed by atoms with Crippen molar-refractivity contribution in [1.82, 2.24) is 5.32 Å². The summed E-state index contributed by atoms with van der Waals surface area (Å²) in [5, 5.41) is 13.4. The van der Waals surface area contributed by atoms with Gasteiger partial charge < -0.3 is 16.2 Å². The van der Waals surface area contributed by atoms with Gasteiger partial charge in [-0.15, -0.1) is 0 Å². The minimum atomic E-state index is -0.694. The quantitative estimate of drug-likeness (QED) is 0.692. The molecule has 2 saturated carbocycles. The standard InChI is InChI=1S/C16H30N2O2/c17-15(8-4-3-5-9-15)12-14(19)18-13-16(20)10-6-1-2-7-11-16/h20H,1-13,17H2,(H,18,19). The first-order valence-electron chi connectivity index (χ1n) is 8.29. The second-order valence-corrected chi connectivity index (χ2v) is 7.02. The van der Waals surface area contributed by atoms with Crippen LogP contribution >= 0.6 is 0 Å². The number of hydrogen-bond donors (Lipinski definition) is 3. The lowest BCUT2D eigenvalue weighted by Gasteiger charge is -2.33. The van der Waals surface area contributed by atoms with Crippen LogP contribution in [0.1, 0.15) is 77.0 Å². The van der Waals surface area contributed by atoms with Gasteiger partial charge in [-0.2, -0.15) is 0 Å². The van der Waals surface area contributed by atoms with Crippen molar-refractivity contribution in [3.05, 3.63) is 0 Å². The maximum absolute atomic E-state index is 12.1. The van der Waals surface area contributed by atoms with Crippen LogP contribution in [0.3, 0.4) is 0 Å². The molecular weight excluding hydrogens is 252 g/mol. The highest BCUT2D eigenvalue weighted by atomic mass is 16.3. The van der Waals surface area contributed by atoms with Crippen LogP contribution in [0.5, 0.6) is 0 Å². The van der Waals surface area contributed by atoms with Gasteiger partial charge in [-0.1, -0.05) is 44.9 Å². The van der Waals surface area contributed by atoms with Crippen molar-refractivity contribution in [2.75, 3.05) is 6.54 Å². The minimum absolute atomic E-state index is 0.00655. The minimum Gasteiger partial charge on any atom is -0.388 e. The zero-order valence-corrected chi connectivity index (χ0v) is 12.6. The number of carbonyl (C=O) groups excluding carboxylic acids is 1. The third-order valence-electron chi connectivity index (χ3n) is 5.01. The summed E-state index contributed by atoms with van der Waals surface area (Å²) in [4.78, 5) is 12.1. The largest absolute Gasteiger partial charge is 0.388 e. The molecule has 0 aromatic carbocycles. The van der Waals surface area contributed by atoms with E-state index in [4.69, 9.17) is 5.73 Å². The highest BCUT2D eigenvalue weighted by Gasteiger charge is 2.32. The Kier molecular flexibility index (Phi) is 5.44. The van der Waals surface area contributed by atoms with Crippen LogP contribution in [0.4, 0.5) is 0 Å². The van der Waals surface area contributed by atoms with Crippen molar-refractivity contribution < 1.29 is 9.90 Å². The molecule has 4 N–H and O–H groups in total. The van der Waals surface area contributed by atoms with E-state index in [9.17, 15) is 9.90 Å². The Morgan fingerprint density at radius 3 is 2.05 bits per heavy atom. The number of amides is 1.